The summed E-state index contributed by atoms with van der Waals surface area (Å²) in [6.07, 6.45) is 8.49. The van der Waals surface area contributed by atoms with E-state index in [1.165, 1.54) is 38.1 Å². The molecule has 1 N–H and O–H groups in total. The number of pyridine rings is 1. The molecule has 0 atom stereocenters. The van der Waals surface area contributed by atoms with E-state index in [4.69, 9.17) is 10.2 Å². The third kappa shape index (κ3) is 4.29. The van der Waals surface area contributed by atoms with Gasteiger partial charge in [-0.15, -0.1) is 0 Å². The van der Waals surface area contributed by atoms with E-state index < -0.39 is 5.82 Å². The van der Waals surface area contributed by atoms with Gasteiger partial charge in [-0.1, -0.05) is 12.1 Å². The summed E-state index contributed by atoms with van der Waals surface area (Å²) in [5.41, 5.74) is 5.30. The highest BCUT2D eigenvalue weighted by Crippen LogP contribution is 2.38. The first-order valence-electron chi connectivity index (χ1n) is 11.9. The smallest absolute Gasteiger partial charge is 0.141 e. The van der Waals surface area contributed by atoms with Crippen LogP contribution in [0.3, 0.4) is 0 Å². The Bertz CT molecular complexity index is 1540. The highest BCUT2D eigenvalue weighted by Gasteiger charge is 2.17. The van der Waals surface area contributed by atoms with Crippen molar-refractivity contribution >= 4 is 21.8 Å². The molecule has 6 nitrogen and oxygen atoms in total. The Morgan fingerprint density at radius 1 is 1.03 bits per heavy atom. The van der Waals surface area contributed by atoms with Crippen LogP contribution in [0.4, 0.5) is 4.39 Å². The van der Waals surface area contributed by atoms with E-state index in [9.17, 15) is 4.39 Å². The largest absolute Gasteiger partial charge is 0.346 e. The summed E-state index contributed by atoms with van der Waals surface area (Å²) in [7, 11) is 1.91. The Morgan fingerprint density at radius 3 is 2.51 bits per heavy atom. The first-order valence-corrected chi connectivity index (χ1v) is 11.9. The van der Waals surface area contributed by atoms with Crippen LogP contribution in [0, 0.1) is 17.1 Å². The first kappa shape index (κ1) is 22.8. The molecule has 0 spiro atoms. The molecule has 3 aromatic heterocycles. The number of aryl methyl sites for hydroxylation is 2. The molecule has 0 radical (unpaired) electrons. The maximum atomic E-state index is 14.5. The molecule has 176 valence electrons. The van der Waals surface area contributed by atoms with E-state index in [1.807, 2.05) is 54.6 Å². The molecule has 2 aromatic carbocycles. The van der Waals surface area contributed by atoms with Gasteiger partial charge in [-0.25, -0.2) is 4.39 Å². The second-order valence-electron chi connectivity index (χ2n) is 8.69. The van der Waals surface area contributed by atoms with Gasteiger partial charge >= 0.3 is 0 Å². The van der Waals surface area contributed by atoms with Gasteiger partial charge in [0.25, 0.3) is 0 Å². The van der Waals surface area contributed by atoms with Gasteiger partial charge in [0.15, 0.2) is 0 Å². The summed E-state index contributed by atoms with van der Waals surface area (Å²) in [6.45, 7) is 5.39. The third-order valence-corrected chi connectivity index (χ3v) is 6.52. The van der Waals surface area contributed by atoms with Crippen LogP contribution >= 0.6 is 0 Å². The van der Waals surface area contributed by atoms with Gasteiger partial charge in [0.05, 0.1) is 34.7 Å². The average molecular weight is 467 g/mol. The number of halogens is 1. The summed E-state index contributed by atoms with van der Waals surface area (Å²) in [5.74, 6) is -0.532. The van der Waals surface area contributed by atoms with E-state index in [-0.39, 0.29) is 5.56 Å². The molecular formula is C28H27FN6. The predicted molar refractivity (Wildman–Crippen MR) is 137 cm³/mol. The standard InChI is InChI=1S/C24H18FN5.C4H9N/c1-3-30-9-8-19-22(30)14-27-24(16-6-7-21-18(10-16)13-28-29(21)2)23(19)15-4-5-17(12-26)20(25)11-15;1-2-4-5-3-1/h4-11,13-14H,3H2,1-2H3;5H,1-4H2. The van der Waals surface area contributed by atoms with E-state index in [1.54, 1.807) is 6.07 Å². The first-order chi connectivity index (χ1) is 17.1. The molecule has 1 saturated heterocycles. The summed E-state index contributed by atoms with van der Waals surface area (Å²) >= 11 is 0. The van der Waals surface area contributed by atoms with Crippen LogP contribution < -0.4 is 5.32 Å². The second kappa shape index (κ2) is 9.69. The molecule has 5 aromatic rings. The Labute approximate surface area is 203 Å². The zero-order valence-electron chi connectivity index (χ0n) is 19.9. The summed E-state index contributed by atoms with van der Waals surface area (Å²) < 4.78 is 18.4. The minimum atomic E-state index is -0.532. The molecule has 7 heteroatoms. The zero-order valence-corrected chi connectivity index (χ0v) is 19.9. The number of nitrogens with one attached hydrogen (secondary N) is 1. The van der Waals surface area contributed by atoms with Gasteiger partial charge < -0.3 is 9.88 Å². The molecule has 0 saturated carbocycles. The number of aromatic nitrogens is 4. The minimum Gasteiger partial charge on any atom is -0.346 e. The molecule has 4 heterocycles. The molecule has 0 aliphatic carbocycles. The molecule has 35 heavy (non-hydrogen) atoms. The van der Waals surface area contributed by atoms with Crippen molar-refractivity contribution < 1.29 is 4.39 Å². The number of fused-ring (bicyclic) bond motifs is 2. The van der Waals surface area contributed by atoms with E-state index in [0.29, 0.717) is 5.56 Å². The molecule has 6 rings (SSSR count). The minimum absolute atomic E-state index is 0.0309. The molecule has 0 amide bonds. The van der Waals surface area contributed by atoms with Gasteiger partial charge in [-0.05, 0) is 68.8 Å². The number of nitriles is 1. The highest BCUT2D eigenvalue weighted by molar-refractivity contribution is 6.02. The molecule has 1 aliphatic heterocycles. The van der Waals surface area contributed by atoms with Crippen LogP contribution in [0.15, 0.2) is 61.1 Å². The third-order valence-electron chi connectivity index (χ3n) is 6.52. The van der Waals surface area contributed by atoms with Crippen molar-refractivity contribution in [3.8, 4) is 28.5 Å². The molecule has 0 unspecified atom stereocenters. The maximum absolute atomic E-state index is 14.5. The fourth-order valence-electron chi connectivity index (χ4n) is 4.64. The number of nitrogens with zero attached hydrogens (tertiary/aromatic N) is 5. The second-order valence-corrected chi connectivity index (χ2v) is 8.69. The van der Waals surface area contributed by atoms with Crippen LogP contribution in [0.1, 0.15) is 25.3 Å². The topological polar surface area (TPSA) is 71.5 Å². The Balaban J connectivity index is 0.000000453. The lowest BCUT2D eigenvalue weighted by atomic mass is 9.95. The Hall–Kier alpha value is -4.02. The van der Waals surface area contributed by atoms with Crippen molar-refractivity contribution in [1.82, 2.24) is 24.6 Å². The fourth-order valence-corrected chi connectivity index (χ4v) is 4.64. The van der Waals surface area contributed by atoms with Crippen molar-refractivity contribution in [3.05, 3.63) is 72.4 Å². The van der Waals surface area contributed by atoms with Gasteiger partial charge in [0.1, 0.15) is 11.9 Å². The van der Waals surface area contributed by atoms with Crippen molar-refractivity contribution in [2.75, 3.05) is 13.1 Å². The number of hydrogen-bond donors (Lipinski definition) is 1. The molecular weight excluding hydrogens is 439 g/mol. The predicted octanol–water partition coefficient (Wildman–Crippen LogP) is 5.66. The van der Waals surface area contributed by atoms with Gasteiger partial charge in [0, 0.05) is 41.7 Å². The maximum Gasteiger partial charge on any atom is 0.141 e. The van der Waals surface area contributed by atoms with E-state index in [2.05, 4.69) is 28.0 Å². The van der Waals surface area contributed by atoms with E-state index >= 15 is 0 Å². The molecule has 1 aliphatic rings. The van der Waals surface area contributed by atoms with E-state index in [0.717, 1.165) is 45.2 Å². The van der Waals surface area contributed by atoms with Crippen molar-refractivity contribution in [3.63, 3.8) is 0 Å². The number of hydrogen-bond acceptors (Lipinski definition) is 4. The van der Waals surface area contributed by atoms with Crippen LogP contribution in [0.25, 0.3) is 44.2 Å². The molecule has 1 fully saturated rings. The normalized spacial score (nSPS) is 13.1. The summed E-state index contributed by atoms with van der Waals surface area (Å²) in [5, 5.41) is 18.7. The summed E-state index contributed by atoms with van der Waals surface area (Å²) in [4.78, 5) is 4.78. The van der Waals surface area contributed by atoms with Crippen LogP contribution in [0.5, 0.6) is 0 Å². The van der Waals surface area contributed by atoms with Crippen molar-refractivity contribution in [2.45, 2.75) is 26.3 Å². The molecule has 0 bridgehead atoms. The van der Waals surface area contributed by atoms with Crippen LogP contribution in [0.2, 0.25) is 0 Å². The lowest BCUT2D eigenvalue weighted by molar-refractivity contribution is 0.624. The van der Waals surface area contributed by atoms with Gasteiger partial charge in [-0.2, -0.15) is 10.4 Å². The lowest BCUT2D eigenvalue weighted by Gasteiger charge is -2.13. The van der Waals surface area contributed by atoms with Crippen LogP contribution in [-0.2, 0) is 13.6 Å². The van der Waals surface area contributed by atoms with Crippen LogP contribution in [-0.4, -0.2) is 32.4 Å². The Morgan fingerprint density at radius 2 is 1.83 bits per heavy atom. The quantitative estimate of drug-likeness (QED) is 0.373. The zero-order chi connectivity index (χ0) is 24.4. The Kier molecular flexibility index (Phi) is 6.30. The highest BCUT2D eigenvalue weighted by atomic mass is 19.1. The van der Waals surface area contributed by atoms with Gasteiger partial charge in [0.2, 0.25) is 0 Å². The SMILES string of the molecule is C1CCNC1.CCn1ccc2c(-c3ccc(C#N)c(F)c3)c(-c3ccc4c(cnn4C)c3)ncc21. The van der Waals surface area contributed by atoms with Crippen molar-refractivity contribution in [1.29, 1.82) is 5.26 Å². The monoisotopic (exact) mass is 466 g/mol. The van der Waals surface area contributed by atoms with Gasteiger partial charge in [-0.3, -0.25) is 9.67 Å². The summed E-state index contributed by atoms with van der Waals surface area (Å²) in [6, 6.07) is 14.7. The van der Waals surface area contributed by atoms with Crippen molar-refractivity contribution in [2.24, 2.45) is 7.05 Å². The average Bonchev–Trinajstić information content (AvgIpc) is 3.65. The number of rotatable bonds is 3. The lowest BCUT2D eigenvalue weighted by Crippen LogP contribution is -2.03. The fraction of sp³-hybridized carbons (Fsp3) is 0.250. The number of benzene rings is 2.